The Balaban J connectivity index is 1.72. The minimum Gasteiger partial charge on any atom is -0.300 e. The SMILES string of the molecule is C=C=C[C@]12CC[C@H]3[C@@H](CCC4=CC(=O)CC[C@@]43C)[C@@H]1CC[C@@H]2C(C)=O. The lowest BCUT2D eigenvalue weighted by Gasteiger charge is -2.58. The third-order valence-corrected chi connectivity index (χ3v) is 8.41. The molecule has 3 fully saturated rings. The molecular formula is C23H30O2. The van der Waals surface area contributed by atoms with Crippen LogP contribution in [0.2, 0.25) is 0 Å². The van der Waals surface area contributed by atoms with Crippen LogP contribution in [-0.2, 0) is 9.59 Å². The van der Waals surface area contributed by atoms with E-state index in [1.807, 2.05) is 6.08 Å². The van der Waals surface area contributed by atoms with Crippen LogP contribution >= 0.6 is 0 Å². The minimum atomic E-state index is -0.00316. The van der Waals surface area contributed by atoms with Gasteiger partial charge in [0.15, 0.2) is 5.78 Å². The zero-order valence-corrected chi connectivity index (χ0v) is 15.6. The van der Waals surface area contributed by atoms with Crippen molar-refractivity contribution >= 4 is 11.6 Å². The van der Waals surface area contributed by atoms with Crippen molar-refractivity contribution < 1.29 is 9.59 Å². The predicted octanol–water partition coefficient (Wildman–Crippen LogP) is 5.04. The second kappa shape index (κ2) is 5.81. The van der Waals surface area contributed by atoms with E-state index in [0.717, 1.165) is 32.1 Å². The Kier molecular flexibility index (Phi) is 3.96. The zero-order chi connectivity index (χ0) is 17.8. The van der Waals surface area contributed by atoms with Crippen LogP contribution in [0.25, 0.3) is 0 Å². The van der Waals surface area contributed by atoms with E-state index in [0.29, 0.717) is 35.7 Å². The van der Waals surface area contributed by atoms with Crippen molar-refractivity contribution in [1.82, 2.24) is 0 Å². The Labute approximate surface area is 151 Å². The number of hydrogen-bond donors (Lipinski definition) is 0. The summed E-state index contributed by atoms with van der Waals surface area (Å²) in [6.07, 6.45) is 12.6. The van der Waals surface area contributed by atoms with Crippen molar-refractivity contribution in [3.8, 4) is 0 Å². The molecule has 0 aromatic rings. The van der Waals surface area contributed by atoms with Gasteiger partial charge >= 0.3 is 0 Å². The van der Waals surface area contributed by atoms with E-state index in [9.17, 15) is 9.59 Å². The molecule has 0 heterocycles. The number of Topliss-reactive ketones (excluding diaryl/α,β-unsaturated/α-hetero) is 1. The number of carbonyl (C=O) groups excluding carboxylic acids is 2. The maximum atomic E-state index is 12.4. The topological polar surface area (TPSA) is 34.1 Å². The minimum absolute atomic E-state index is 0.00316. The number of hydrogen-bond acceptors (Lipinski definition) is 2. The summed E-state index contributed by atoms with van der Waals surface area (Å²) in [4.78, 5) is 24.3. The number of fused-ring (bicyclic) bond motifs is 5. The first kappa shape index (κ1) is 17.0. The van der Waals surface area contributed by atoms with E-state index in [1.165, 1.54) is 18.4 Å². The molecule has 0 bridgehead atoms. The largest absolute Gasteiger partial charge is 0.300 e. The van der Waals surface area contributed by atoms with E-state index < -0.39 is 0 Å². The van der Waals surface area contributed by atoms with Gasteiger partial charge in [-0.1, -0.05) is 19.1 Å². The maximum Gasteiger partial charge on any atom is 0.155 e. The smallest absolute Gasteiger partial charge is 0.155 e. The van der Waals surface area contributed by atoms with Crippen LogP contribution in [0.3, 0.4) is 0 Å². The molecule has 0 aliphatic heterocycles. The van der Waals surface area contributed by atoms with E-state index >= 15 is 0 Å². The van der Waals surface area contributed by atoms with Crippen molar-refractivity contribution in [2.75, 3.05) is 0 Å². The molecule has 2 nitrogen and oxygen atoms in total. The molecule has 25 heavy (non-hydrogen) atoms. The molecule has 4 aliphatic rings. The van der Waals surface area contributed by atoms with Crippen LogP contribution in [0.4, 0.5) is 0 Å². The fraction of sp³-hybridized carbons (Fsp3) is 0.696. The quantitative estimate of drug-likeness (QED) is 0.661. The summed E-state index contributed by atoms with van der Waals surface area (Å²) in [5, 5.41) is 0. The lowest BCUT2D eigenvalue weighted by atomic mass is 9.46. The van der Waals surface area contributed by atoms with Crippen LogP contribution < -0.4 is 0 Å². The molecule has 0 spiro atoms. The molecule has 0 saturated heterocycles. The van der Waals surface area contributed by atoms with E-state index in [-0.39, 0.29) is 16.7 Å². The number of carbonyl (C=O) groups is 2. The lowest BCUT2D eigenvalue weighted by Crippen LogP contribution is -2.51. The van der Waals surface area contributed by atoms with Gasteiger partial charge in [0.25, 0.3) is 0 Å². The molecule has 3 saturated carbocycles. The molecule has 0 radical (unpaired) electrons. The molecule has 134 valence electrons. The molecule has 0 aromatic heterocycles. The van der Waals surface area contributed by atoms with Gasteiger partial charge in [0.2, 0.25) is 0 Å². The van der Waals surface area contributed by atoms with Gasteiger partial charge in [-0.15, -0.1) is 5.73 Å². The van der Waals surface area contributed by atoms with Crippen LogP contribution in [0.15, 0.2) is 30.0 Å². The van der Waals surface area contributed by atoms with E-state index in [2.05, 4.69) is 25.3 Å². The van der Waals surface area contributed by atoms with Gasteiger partial charge in [0.1, 0.15) is 5.78 Å². The fourth-order valence-electron chi connectivity index (χ4n) is 7.34. The summed E-state index contributed by atoms with van der Waals surface area (Å²) in [6, 6.07) is 0. The second-order valence-electron chi connectivity index (χ2n) is 9.21. The van der Waals surface area contributed by atoms with Crippen molar-refractivity contribution in [3.63, 3.8) is 0 Å². The highest BCUT2D eigenvalue weighted by atomic mass is 16.1. The summed E-state index contributed by atoms with van der Waals surface area (Å²) in [5.74, 6) is 2.76. The van der Waals surface area contributed by atoms with E-state index in [1.54, 1.807) is 6.92 Å². The summed E-state index contributed by atoms with van der Waals surface area (Å²) < 4.78 is 0. The van der Waals surface area contributed by atoms with Gasteiger partial charge in [-0.25, -0.2) is 0 Å². The Hall–Kier alpha value is -1.40. The van der Waals surface area contributed by atoms with Gasteiger partial charge < -0.3 is 0 Å². The summed E-state index contributed by atoms with van der Waals surface area (Å²) in [5.41, 5.74) is 4.68. The average Bonchev–Trinajstić information content (AvgIpc) is 2.95. The summed E-state index contributed by atoms with van der Waals surface area (Å²) in [7, 11) is 0. The molecule has 0 amide bonds. The number of rotatable bonds is 2. The first-order valence-corrected chi connectivity index (χ1v) is 10.0. The standard InChI is InChI=1S/C23H30O2/c1-4-11-23-13-10-20-18(21(23)8-7-19(23)15(2)24)6-5-16-14-17(25)9-12-22(16,20)3/h11,14,18-21H,1,5-10,12-13H2,2-3H3/t18-,19-,20+,21+,22+,23-/m1/s1. The Morgan fingerprint density at radius 1 is 1.20 bits per heavy atom. The molecule has 4 aliphatic carbocycles. The van der Waals surface area contributed by atoms with Crippen LogP contribution in [0, 0.1) is 34.5 Å². The van der Waals surface area contributed by atoms with Gasteiger partial charge in [0.05, 0.1) is 0 Å². The maximum absolute atomic E-state index is 12.4. The molecule has 0 unspecified atom stereocenters. The van der Waals surface area contributed by atoms with Gasteiger partial charge in [-0.3, -0.25) is 9.59 Å². The van der Waals surface area contributed by atoms with E-state index in [4.69, 9.17) is 0 Å². The highest BCUT2D eigenvalue weighted by molar-refractivity contribution is 5.91. The van der Waals surface area contributed by atoms with Crippen LogP contribution in [0.1, 0.15) is 65.2 Å². The van der Waals surface area contributed by atoms with Gasteiger partial charge in [-0.2, -0.15) is 0 Å². The van der Waals surface area contributed by atoms with Crippen LogP contribution in [-0.4, -0.2) is 11.6 Å². The molecule has 2 heteroatoms. The number of allylic oxidation sites excluding steroid dienone is 2. The highest BCUT2D eigenvalue weighted by Gasteiger charge is 2.60. The molecule has 0 aromatic carbocycles. The molecule has 0 N–H and O–H groups in total. The van der Waals surface area contributed by atoms with Gasteiger partial charge in [0, 0.05) is 17.8 Å². The van der Waals surface area contributed by atoms with Crippen molar-refractivity contribution in [1.29, 1.82) is 0 Å². The van der Waals surface area contributed by atoms with Gasteiger partial charge in [-0.05, 0) is 87.2 Å². The molecular weight excluding hydrogens is 308 g/mol. The van der Waals surface area contributed by atoms with Crippen molar-refractivity contribution in [2.45, 2.75) is 65.2 Å². The van der Waals surface area contributed by atoms with Crippen molar-refractivity contribution in [3.05, 3.63) is 30.0 Å². The summed E-state index contributed by atoms with van der Waals surface area (Å²) >= 11 is 0. The third kappa shape index (κ3) is 2.30. The predicted molar refractivity (Wildman–Crippen MR) is 98.9 cm³/mol. The zero-order valence-electron chi connectivity index (χ0n) is 15.6. The first-order chi connectivity index (χ1) is 11.9. The molecule has 4 rings (SSSR count). The van der Waals surface area contributed by atoms with Crippen molar-refractivity contribution in [2.24, 2.45) is 34.5 Å². The fourth-order valence-corrected chi connectivity index (χ4v) is 7.34. The highest BCUT2D eigenvalue weighted by Crippen LogP contribution is 2.67. The summed E-state index contributed by atoms with van der Waals surface area (Å²) in [6.45, 7) is 8.04. The normalized spacial score (nSPS) is 45.5. The third-order valence-electron chi connectivity index (χ3n) is 8.41. The Bertz CT molecular complexity index is 695. The first-order valence-electron chi connectivity index (χ1n) is 10.0. The second-order valence-corrected chi connectivity index (χ2v) is 9.21. The number of ketones is 2. The lowest BCUT2D eigenvalue weighted by molar-refractivity contribution is -0.126. The van der Waals surface area contributed by atoms with Crippen LogP contribution in [0.5, 0.6) is 0 Å². The average molecular weight is 338 g/mol. The Morgan fingerprint density at radius 3 is 2.72 bits per heavy atom. The molecule has 6 atom stereocenters. The monoisotopic (exact) mass is 338 g/mol. The Morgan fingerprint density at radius 2 is 2.00 bits per heavy atom.